The number of nitrogens with one attached hydrogen (secondary N) is 1. The molecule has 21 heavy (non-hydrogen) atoms. The van der Waals surface area contributed by atoms with Crippen LogP contribution in [0.15, 0.2) is 66.8 Å². The number of hydrogen-bond donors (Lipinski definition) is 3. The van der Waals surface area contributed by atoms with Gasteiger partial charge in [0.1, 0.15) is 5.75 Å². The Kier molecular flexibility index (Phi) is 3.65. The van der Waals surface area contributed by atoms with Crippen LogP contribution in [0.25, 0.3) is 0 Å². The second-order valence-electron chi connectivity index (χ2n) is 5.18. The van der Waals surface area contributed by atoms with Crippen molar-refractivity contribution in [2.45, 2.75) is 12.3 Å². The Hall–Kier alpha value is -2.68. The Bertz CT molecular complexity index is 684. The van der Waals surface area contributed by atoms with Crippen molar-refractivity contribution in [3.8, 4) is 5.75 Å². The van der Waals surface area contributed by atoms with Crippen molar-refractivity contribution in [3.05, 3.63) is 72.3 Å². The van der Waals surface area contributed by atoms with Gasteiger partial charge in [0, 0.05) is 35.1 Å². The van der Waals surface area contributed by atoms with Crippen LogP contribution in [0.2, 0.25) is 0 Å². The van der Waals surface area contributed by atoms with Crippen LogP contribution >= 0.6 is 0 Å². The molecule has 2 aromatic rings. The van der Waals surface area contributed by atoms with E-state index in [1.165, 1.54) is 11.6 Å². The normalized spacial score (nSPS) is 16.9. The van der Waals surface area contributed by atoms with E-state index in [1.807, 2.05) is 24.3 Å². The van der Waals surface area contributed by atoms with Crippen LogP contribution in [-0.2, 0) is 0 Å². The number of nitrogens with two attached hydrogens (primary N) is 1. The van der Waals surface area contributed by atoms with Gasteiger partial charge in [-0.2, -0.15) is 0 Å². The Morgan fingerprint density at radius 1 is 1.10 bits per heavy atom. The highest BCUT2D eigenvalue weighted by Gasteiger charge is 2.13. The highest BCUT2D eigenvalue weighted by molar-refractivity contribution is 5.69. The molecule has 1 atom stereocenters. The number of para-hydroxylation sites is 1. The number of benzene rings is 2. The maximum Gasteiger partial charge on any atom is 0.119 e. The van der Waals surface area contributed by atoms with Gasteiger partial charge in [0.25, 0.3) is 0 Å². The number of hydrogen-bond acceptors (Lipinski definition) is 3. The maximum absolute atomic E-state index is 9.65. The molecule has 2 aromatic carbocycles. The largest absolute Gasteiger partial charge is 0.508 e. The first-order valence-corrected chi connectivity index (χ1v) is 7.01. The van der Waals surface area contributed by atoms with Crippen molar-refractivity contribution in [2.75, 3.05) is 11.1 Å². The van der Waals surface area contributed by atoms with Crippen LogP contribution in [0.4, 0.5) is 17.1 Å². The van der Waals surface area contributed by atoms with Gasteiger partial charge in [0.2, 0.25) is 0 Å². The summed E-state index contributed by atoms with van der Waals surface area (Å²) in [6, 6.07) is 13.2. The lowest BCUT2D eigenvalue weighted by Gasteiger charge is -2.19. The fourth-order valence-corrected chi connectivity index (χ4v) is 2.61. The number of rotatable bonds is 3. The summed E-state index contributed by atoms with van der Waals surface area (Å²) in [6.45, 7) is 0. The van der Waals surface area contributed by atoms with Crippen molar-refractivity contribution in [2.24, 2.45) is 0 Å². The molecule has 3 heteroatoms. The molecule has 0 amide bonds. The minimum absolute atomic E-state index is 0.162. The summed E-state index contributed by atoms with van der Waals surface area (Å²) < 4.78 is 0. The van der Waals surface area contributed by atoms with Crippen LogP contribution in [0, 0.1) is 0 Å². The van der Waals surface area contributed by atoms with E-state index in [1.54, 1.807) is 6.07 Å². The SMILES string of the molecule is Nc1cc(O)cc(Nc2ccccc2C2C=CC=CC2)c1. The van der Waals surface area contributed by atoms with Gasteiger partial charge in [-0.05, 0) is 24.1 Å². The molecule has 0 fully saturated rings. The minimum atomic E-state index is 0.162. The molecule has 0 aromatic heterocycles. The van der Waals surface area contributed by atoms with Gasteiger partial charge < -0.3 is 16.2 Å². The number of allylic oxidation sites excluding steroid dienone is 4. The van der Waals surface area contributed by atoms with Crippen molar-refractivity contribution >= 4 is 17.1 Å². The number of phenolic OH excluding ortho intramolecular Hbond substituents is 1. The first kappa shape index (κ1) is 13.3. The van der Waals surface area contributed by atoms with E-state index in [4.69, 9.17) is 5.73 Å². The summed E-state index contributed by atoms with van der Waals surface area (Å²) in [5, 5.41) is 13.0. The van der Waals surface area contributed by atoms with E-state index in [0.717, 1.165) is 17.8 Å². The number of phenols is 1. The molecular formula is C18H18N2O. The fraction of sp³-hybridized carbons (Fsp3) is 0.111. The van der Waals surface area contributed by atoms with Crippen LogP contribution in [0.5, 0.6) is 5.75 Å². The molecule has 0 aliphatic heterocycles. The van der Waals surface area contributed by atoms with Crippen LogP contribution in [0.1, 0.15) is 17.9 Å². The molecule has 0 bridgehead atoms. The van der Waals surface area contributed by atoms with Gasteiger partial charge in [-0.25, -0.2) is 0 Å². The molecule has 0 heterocycles. The third-order valence-electron chi connectivity index (χ3n) is 3.56. The lowest BCUT2D eigenvalue weighted by molar-refractivity contribution is 0.476. The van der Waals surface area contributed by atoms with Crippen molar-refractivity contribution in [3.63, 3.8) is 0 Å². The monoisotopic (exact) mass is 278 g/mol. The average molecular weight is 278 g/mol. The second kappa shape index (κ2) is 5.75. The Labute approximate surface area is 124 Å². The lowest BCUT2D eigenvalue weighted by Crippen LogP contribution is -2.02. The average Bonchev–Trinajstić information content (AvgIpc) is 2.48. The zero-order valence-corrected chi connectivity index (χ0v) is 11.7. The lowest BCUT2D eigenvalue weighted by atomic mass is 9.91. The Morgan fingerprint density at radius 2 is 1.95 bits per heavy atom. The molecule has 0 saturated carbocycles. The predicted octanol–water partition coefficient (Wildman–Crippen LogP) is 4.32. The minimum Gasteiger partial charge on any atom is -0.508 e. The zero-order valence-electron chi connectivity index (χ0n) is 11.7. The summed E-state index contributed by atoms with van der Waals surface area (Å²) in [7, 11) is 0. The number of anilines is 3. The zero-order chi connectivity index (χ0) is 14.7. The molecule has 1 unspecified atom stereocenters. The van der Waals surface area contributed by atoms with E-state index in [0.29, 0.717) is 11.6 Å². The molecule has 0 saturated heterocycles. The van der Waals surface area contributed by atoms with Gasteiger partial charge in [0.15, 0.2) is 0 Å². The Morgan fingerprint density at radius 3 is 2.71 bits per heavy atom. The molecule has 0 spiro atoms. The summed E-state index contributed by atoms with van der Waals surface area (Å²) in [5.74, 6) is 0.531. The van der Waals surface area contributed by atoms with E-state index in [9.17, 15) is 5.11 Å². The number of nitrogen functional groups attached to an aromatic ring is 1. The maximum atomic E-state index is 9.65. The summed E-state index contributed by atoms with van der Waals surface area (Å²) in [5.41, 5.74) is 9.37. The topological polar surface area (TPSA) is 58.3 Å². The Balaban J connectivity index is 1.92. The number of aromatic hydroxyl groups is 1. The first-order chi connectivity index (χ1) is 10.2. The molecule has 106 valence electrons. The van der Waals surface area contributed by atoms with Crippen LogP contribution in [-0.4, -0.2) is 5.11 Å². The van der Waals surface area contributed by atoms with E-state index in [-0.39, 0.29) is 5.75 Å². The van der Waals surface area contributed by atoms with Crippen molar-refractivity contribution < 1.29 is 5.11 Å². The predicted molar refractivity (Wildman–Crippen MR) is 87.9 cm³/mol. The molecular weight excluding hydrogens is 260 g/mol. The molecule has 3 nitrogen and oxygen atoms in total. The van der Waals surface area contributed by atoms with Gasteiger partial charge in [-0.1, -0.05) is 42.5 Å². The third kappa shape index (κ3) is 3.08. The fourth-order valence-electron chi connectivity index (χ4n) is 2.61. The van der Waals surface area contributed by atoms with Gasteiger partial charge in [-0.3, -0.25) is 0 Å². The standard InChI is InChI=1S/C18H18N2O/c19-14-10-15(12-16(21)11-14)20-18-9-5-4-8-17(18)13-6-2-1-3-7-13/h1-6,8-13,20-21H,7,19H2. The quantitative estimate of drug-likeness (QED) is 0.733. The van der Waals surface area contributed by atoms with Gasteiger partial charge >= 0.3 is 0 Å². The van der Waals surface area contributed by atoms with Gasteiger partial charge in [0.05, 0.1) is 0 Å². The van der Waals surface area contributed by atoms with E-state index >= 15 is 0 Å². The highest BCUT2D eigenvalue weighted by atomic mass is 16.3. The first-order valence-electron chi connectivity index (χ1n) is 7.01. The summed E-state index contributed by atoms with van der Waals surface area (Å²) in [6.07, 6.45) is 9.53. The van der Waals surface area contributed by atoms with E-state index < -0.39 is 0 Å². The molecule has 4 N–H and O–H groups in total. The highest BCUT2D eigenvalue weighted by Crippen LogP contribution is 2.33. The van der Waals surface area contributed by atoms with Crippen LogP contribution < -0.4 is 11.1 Å². The summed E-state index contributed by atoms with van der Waals surface area (Å²) in [4.78, 5) is 0. The van der Waals surface area contributed by atoms with Crippen LogP contribution in [0.3, 0.4) is 0 Å². The van der Waals surface area contributed by atoms with E-state index in [2.05, 4.69) is 35.7 Å². The smallest absolute Gasteiger partial charge is 0.119 e. The molecule has 0 radical (unpaired) electrons. The molecule has 3 rings (SSSR count). The second-order valence-corrected chi connectivity index (χ2v) is 5.18. The molecule has 1 aliphatic carbocycles. The molecule has 1 aliphatic rings. The third-order valence-corrected chi connectivity index (χ3v) is 3.56. The van der Waals surface area contributed by atoms with Crippen molar-refractivity contribution in [1.82, 2.24) is 0 Å². The summed E-state index contributed by atoms with van der Waals surface area (Å²) >= 11 is 0. The van der Waals surface area contributed by atoms with Crippen molar-refractivity contribution in [1.29, 1.82) is 0 Å². The van der Waals surface area contributed by atoms with Gasteiger partial charge in [-0.15, -0.1) is 0 Å².